The second-order valence-corrected chi connectivity index (χ2v) is 6.96. The summed E-state index contributed by atoms with van der Waals surface area (Å²) in [5.41, 5.74) is -0.486. The number of anilines is 1. The largest absolute Gasteiger partial charge is 0.496 e. The highest BCUT2D eigenvalue weighted by Crippen LogP contribution is 2.44. The summed E-state index contributed by atoms with van der Waals surface area (Å²) in [6.45, 7) is -0.257. The number of hydrogen-bond donors (Lipinski definition) is 0. The van der Waals surface area contributed by atoms with Crippen LogP contribution in [-0.2, 0) is 20.9 Å². The standard InChI is InChI=1S/C21H19FN2O5/c1-23-19(26)15-5-3-4-6-16(15)24-18(25)9-10-21(23,24)20(27)29-12-13-11-14(22)7-8-17(13)28-2/h3-8,11H,9-10,12H2,1-2H3/t21-/m0/s1. The van der Waals surface area contributed by atoms with Gasteiger partial charge in [-0.1, -0.05) is 12.1 Å². The third-order valence-electron chi connectivity index (χ3n) is 5.47. The summed E-state index contributed by atoms with van der Waals surface area (Å²) >= 11 is 0. The summed E-state index contributed by atoms with van der Waals surface area (Å²) < 4.78 is 24.3. The van der Waals surface area contributed by atoms with Gasteiger partial charge in [-0.15, -0.1) is 0 Å². The zero-order chi connectivity index (χ0) is 20.8. The van der Waals surface area contributed by atoms with E-state index < -0.39 is 17.4 Å². The van der Waals surface area contributed by atoms with Crippen molar-refractivity contribution in [2.45, 2.75) is 25.1 Å². The average Bonchev–Trinajstić information content (AvgIpc) is 3.09. The second kappa shape index (κ2) is 6.88. The average molecular weight is 398 g/mol. The first-order valence-corrected chi connectivity index (χ1v) is 9.10. The van der Waals surface area contributed by atoms with Crippen molar-refractivity contribution in [3.63, 3.8) is 0 Å². The van der Waals surface area contributed by atoms with Gasteiger partial charge in [0.25, 0.3) is 5.91 Å². The number of benzene rings is 2. The van der Waals surface area contributed by atoms with Gasteiger partial charge in [0.2, 0.25) is 11.6 Å². The molecule has 7 nitrogen and oxygen atoms in total. The van der Waals surface area contributed by atoms with Crippen molar-refractivity contribution in [1.82, 2.24) is 4.90 Å². The van der Waals surface area contributed by atoms with Gasteiger partial charge in [0.1, 0.15) is 18.2 Å². The van der Waals surface area contributed by atoms with Gasteiger partial charge in [0.05, 0.1) is 18.4 Å². The molecule has 150 valence electrons. The number of nitrogens with zero attached hydrogens (tertiary/aromatic N) is 2. The molecule has 2 aromatic rings. The van der Waals surface area contributed by atoms with Gasteiger partial charge in [-0.2, -0.15) is 0 Å². The zero-order valence-electron chi connectivity index (χ0n) is 16.0. The van der Waals surface area contributed by atoms with Gasteiger partial charge >= 0.3 is 5.97 Å². The molecule has 2 aliphatic heterocycles. The van der Waals surface area contributed by atoms with Gasteiger partial charge in [-0.05, 0) is 30.3 Å². The number of para-hydroxylation sites is 1. The van der Waals surface area contributed by atoms with Crippen LogP contribution in [0.5, 0.6) is 5.75 Å². The van der Waals surface area contributed by atoms with Gasteiger partial charge in [-0.3, -0.25) is 14.5 Å². The molecule has 8 heteroatoms. The summed E-state index contributed by atoms with van der Waals surface area (Å²) in [6.07, 6.45) is 0.214. The number of carbonyl (C=O) groups excluding carboxylic acids is 3. The van der Waals surface area contributed by atoms with E-state index in [-0.39, 0.29) is 31.3 Å². The molecule has 0 saturated carbocycles. The predicted molar refractivity (Wildman–Crippen MR) is 101 cm³/mol. The first-order chi connectivity index (χ1) is 13.9. The molecule has 29 heavy (non-hydrogen) atoms. The molecule has 0 aromatic heterocycles. The third-order valence-corrected chi connectivity index (χ3v) is 5.47. The molecule has 0 unspecified atom stereocenters. The van der Waals surface area contributed by atoms with Crippen LogP contribution in [0.25, 0.3) is 0 Å². The Morgan fingerprint density at radius 2 is 1.97 bits per heavy atom. The van der Waals surface area contributed by atoms with E-state index in [0.29, 0.717) is 22.6 Å². The van der Waals surface area contributed by atoms with E-state index in [1.807, 2.05) is 0 Å². The molecule has 0 N–H and O–H groups in total. The monoisotopic (exact) mass is 398 g/mol. The van der Waals surface area contributed by atoms with Crippen LogP contribution in [0.1, 0.15) is 28.8 Å². The number of hydrogen-bond acceptors (Lipinski definition) is 5. The normalized spacial score (nSPS) is 20.4. The first-order valence-electron chi connectivity index (χ1n) is 9.10. The molecule has 2 heterocycles. The summed E-state index contributed by atoms with van der Waals surface area (Å²) in [4.78, 5) is 41.4. The third kappa shape index (κ3) is 2.74. The smallest absolute Gasteiger partial charge is 0.354 e. The SMILES string of the molecule is COc1ccc(F)cc1COC(=O)[C@]12CCC(=O)N1c1ccccc1C(=O)N2C. The summed E-state index contributed by atoms with van der Waals surface area (Å²) in [5.74, 6) is -1.51. The molecule has 2 aliphatic rings. The van der Waals surface area contributed by atoms with E-state index in [4.69, 9.17) is 9.47 Å². The van der Waals surface area contributed by atoms with E-state index in [0.717, 1.165) is 0 Å². The number of fused-ring (bicyclic) bond motifs is 3. The molecule has 0 radical (unpaired) electrons. The van der Waals surface area contributed by atoms with E-state index >= 15 is 0 Å². The molecular formula is C21H19FN2O5. The highest BCUT2D eigenvalue weighted by atomic mass is 19.1. The lowest BCUT2D eigenvalue weighted by Crippen LogP contribution is -2.67. The van der Waals surface area contributed by atoms with Gasteiger partial charge in [0.15, 0.2) is 0 Å². The Balaban J connectivity index is 1.69. The summed E-state index contributed by atoms with van der Waals surface area (Å²) in [7, 11) is 2.91. The number of likely N-dealkylation sites (N-methyl/N-ethyl adjacent to an activating group) is 1. The van der Waals surface area contributed by atoms with Crippen LogP contribution in [0.15, 0.2) is 42.5 Å². The predicted octanol–water partition coefficient (Wildman–Crippen LogP) is 2.49. The highest BCUT2D eigenvalue weighted by molar-refractivity contribution is 6.15. The van der Waals surface area contributed by atoms with Gasteiger partial charge in [-0.25, -0.2) is 9.18 Å². The molecule has 0 bridgehead atoms. The van der Waals surface area contributed by atoms with Crippen molar-refractivity contribution >= 4 is 23.5 Å². The zero-order valence-corrected chi connectivity index (χ0v) is 16.0. The fourth-order valence-electron chi connectivity index (χ4n) is 4.01. The number of ether oxygens (including phenoxy) is 2. The minimum atomic E-state index is -1.57. The minimum Gasteiger partial charge on any atom is -0.496 e. The lowest BCUT2D eigenvalue weighted by atomic mass is 9.97. The maximum Gasteiger partial charge on any atom is 0.354 e. The lowest BCUT2D eigenvalue weighted by molar-refractivity contribution is -0.157. The van der Waals surface area contributed by atoms with E-state index in [2.05, 4.69) is 0 Å². The number of carbonyl (C=O) groups is 3. The van der Waals surface area contributed by atoms with Crippen LogP contribution >= 0.6 is 0 Å². The van der Waals surface area contributed by atoms with Crippen molar-refractivity contribution in [2.24, 2.45) is 0 Å². The van der Waals surface area contributed by atoms with E-state index in [9.17, 15) is 18.8 Å². The second-order valence-electron chi connectivity index (χ2n) is 6.96. The van der Waals surface area contributed by atoms with Gasteiger partial charge in [0, 0.05) is 25.5 Å². The number of methoxy groups -OCH3 is 1. The molecule has 2 aromatic carbocycles. The Bertz CT molecular complexity index is 1020. The number of rotatable bonds is 4. The van der Waals surface area contributed by atoms with Crippen LogP contribution in [0.2, 0.25) is 0 Å². The lowest BCUT2D eigenvalue weighted by Gasteiger charge is -2.46. The van der Waals surface area contributed by atoms with Crippen molar-refractivity contribution in [1.29, 1.82) is 0 Å². The Morgan fingerprint density at radius 1 is 1.21 bits per heavy atom. The first kappa shape index (κ1) is 18.9. The summed E-state index contributed by atoms with van der Waals surface area (Å²) in [5, 5.41) is 0. The topological polar surface area (TPSA) is 76.1 Å². The minimum absolute atomic E-state index is 0.102. The van der Waals surface area contributed by atoms with E-state index in [1.54, 1.807) is 24.3 Å². The fourth-order valence-corrected chi connectivity index (χ4v) is 4.01. The van der Waals surface area contributed by atoms with Crippen molar-refractivity contribution in [2.75, 3.05) is 19.1 Å². The van der Waals surface area contributed by atoms with Crippen LogP contribution in [0.4, 0.5) is 10.1 Å². The molecular weight excluding hydrogens is 379 g/mol. The molecule has 1 atom stereocenters. The van der Waals surface area contributed by atoms with Crippen molar-refractivity contribution in [3.8, 4) is 5.75 Å². The number of esters is 1. The van der Waals surface area contributed by atoms with Crippen molar-refractivity contribution < 1.29 is 28.2 Å². The Kier molecular flexibility index (Phi) is 4.49. The molecule has 0 aliphatic carbocycles. The fraction of sp³-hybridized carbons (Fsp3) is 0.286. The summed E-state index contributed by atoms with van der Waals surface area (Å²) in [6, 6.07) is 10.6. The van der Waals surface area contributed by atoms with Crippen LogP contribution in [0.3, 0.4) is 0 Å². The molecule has 0 spiro atoms. The maximum absolute atomic E-state index is 13.6. The Morgan fingerprint density at radius 3 is 2.72 bits per heavy atom. The Hall–Kier alpha value is -3.42. The van der Waals surface area contributed by atoms with Crippen LogP contribution in [-0.4, -0.2) is 42.5 Å². The molecule has 4 rings (SSSR count). The molecule has 2 amide bonds. The highest BCUT2D eigenvalue weighted by Gasteiger charge is 2.60. The van der Waals surface area contributed by atoms with Crippen LogP contribution < -0.4 is 9.64 Å². The van der Waals surface area contributed by atoms with Crippen LogP contribution in [0, 0.1) is 5.82 Å². The van der Waals surface area contributed by atoms with Gasteiger partial charge < -0.3 is 14.4 Å². The molecule has 1 saturated heterocycles. The quantitative estimate of drug-likeness (QED) is 0.740. The number of halogens is 1. The van der Waals surface area contributed by atoms with E-state index in [1.165, 1.54) is 42.2 Å². The number of amides is 2. The molecule has 1 fully saturated rings. The van der Waals surface area contributed by atoms with Crippen molar-refractivity contribution in [3.05, 3.63) is 59.4 Å². The maximum atomic E-state index is 13.6. The Labute approximate surface area is 166 Å².